The third-order valence-corrected chi connectivity index (χ3v) is 2.48. The molecule has 0 aliphatic carbocycles. The number of carbonyl (C=O) groups is 1. The largest absolute Gasteiger partial charge is 0.465 e. The molecule has 0 saturated heterocycles. The molecule has 7 nitrogen and oxygen atoms in total. The van der Waals surface area contributed by atoms with E-state index in [1.54, 1.807) is 30.4 Å². The van der Waals surface area contributed by atoms with Gasteiger partial charge in [-0.3, -0.25) is 14.9 Å². The molecule has 1 heterocycles. The zero-order valence-corrected chi connectivity index (χ0v) is 10.8. The Morgan fingerprint density at radius 2 is 2.10 bits per heavy atom. The van der Waals surface area contributed by atoms with Crippen molar-refractivity contribution >= 4 is 23.9 Å². The van der Waals surface area contributed by atoms with Crippen LogP contribution in [-0.4, -0.2) is 17.0 Å². The van der Waals surface area contributed by atoms with E-state index in [0.717, 1.165) is 0 Å². The predicted molar refractivity (Wildman–Crippen MR) is 76.8 cm³/mol. The minimum atomic E-state index is -0.648. The first-order chi connectivity index (χ1) is 10.2. The molecule has 0 fully saturated rings. The molecule has 0 spiro atoms. The Balaban J connectivity index is 1.97. The van der Waals surface area contributed by atoms with Crippen LogP contribution >= 0.6 is 0 Å². The minimum absolute atomic E-state index is 0.0466. The Labute approximate surface area is 119 Å². The predicted octanol–water partition coefficient (Wildman–Crippen LogP) is 2.62. The van der Waals surface area contributed by atoms with E-state index in [0.29, 0.717) is 5.76 Å². The lowest BCUT2D eigenvalue weighted by molar-refractivity contribution is -0.385. The minimum Gasteiger partial charge on any atom is -0.465 e. The Morgan fingerprint density at radius 3 is 2.81 bits per heavy atom. The normalized spacial score (nSPS) is 11.0. The lowest BCUT2D eigenvalue weighted by atomic mass is 10.2. The molecule has 0 atom stereocenters. The first kappa shape index (κ1) is 14.2. The summed E-state index contributed by atoms with van der Waals surface area (Å²) in [5, 5.41) is 14.5. The number of para-hydroxylation sites is 1. The number of nitrogens with zero attached hydrogens (tertiary/aromatic N) is 2. The number of hydrogen-bond donors (Lipinski definition) is 1. The number of nitro groups is 1. The monoisotopic (exact) mass is 285 g/mol. The quantitative estimate of drug-likeness (QED) is 0.518. The second-order valence-corrected chi connectivity index (χ2v) is 3.87. The van der Waals surface area contributed by atoms with E-state index in [2.05, 4.69) is 10.5 Å². The van der Waals surface area contributed by atoms with Crippen LogP contribution in [0.25, 0.3) is 6.08 Å². The van der Waals surface area contributed by atoms with Gasteiger partial charge in [0.2, 0.25) is 0 Å². The van der Waals surface area contributed by atoms with Crippen molar-refractivity contribution in [2.75, 3.05) is 0 Å². The Bertz CT molecular complexity index is 690. The number of rotatable bonds is 5. The molecule has 0 aliphatic rings. The first-order valence-corrected chi connectivity index (χ1v) is 5.95. The van der Waals surface area contributed by atoms with Crippen molar-refractivity contribution in [2.45, 2.75) is 0 Å². The number of amides is 1. The second-order valence-electron chi connectivity index (χ2n) is 3.87. The van der Waals surface area contributed by atoms with Crippen LogP contribution in [0.5, 0.6) is 0 Å². The van der Waals surface area contributed by atoms with Gasteiger partial charge in [-0.2, -0.15) is 5.10 Å². The van der Waals surface area contributed by atoms with E-state index >= 15 is 0 Å². The van der Waals surface area contributed by atoms with Crippen molar-refractivity contribution in [3.05, 3.63) is 70.2 Å². The van der Waals surface area contributed by atoms with Gasteiger partial charge in [0.05, 0.1) is 11.2 Å². The summed E-state index contributed by atoms with van der Waals surface area (Å²) in [5.41, 5.74) is 1.90. The summed E-state index contributed by atoms with van der Waals surface area (Å²) in [4.78, 5) is 22.0. The third-order valence-electron chi connectivity index (χ3n) is 2.48. The second kappa shape index (κ2) is 6.80. The fourth-order valence-electron chi connectivity index (χ4n) is 1.55. The fourth-order valence-corrected chi connectivity index (χ4v) is 1.55. The zero-order valence-electron chi connectivity index (χ0n) is 10.8. The maximum Gasteiger partial charge on any atom is 0.282 e. The topological polar surface area (TPSA) is 97.7 Å². The number of furan rings is 1. The van der Waals surface area contributed by atoms with Gasteiger partial charge >= 0.3 is 0 Å². The van der Waals surface area contributed by atoms with Gasteiger partial charge in [-0.05, 0) is 30.4 Å². The van der Waals surface area contributed by atoms with Crippen molar-refractivity contribution in [3.63, 3.8) is 0 Å². The summed E-state index contributed by atoms with van der Waals surface area (Å²) in [6, 6.07) is 9.16. The number of hydrogen-bond acceptors (Lipinski definition) is 5. The Hall–Kier alpha value is -3.22. The summed E-state index contributed by atoms with van der Waals surface area (Å²) in [5.74, 6) is -0.00331. The molecule has 1 aromatic heterocycles. The molecular weight excluding hydrogens is 274 g/mol. The highest BCUT2D eigenvalue weighted by Crippen LogP contribution is 2.17. The van der Waals surface area contributed by atoms with Crippen LogP contribution in [0.15, 0.2) is 58.3 Å². The van der Waals surface area contributed by atoms with Gasteiger partial charge in [0, 0.05) is 12.3 Å². The van der Waals surface area contributed by atoms with Gasteiger partial charge in [0.25, 0.3) is 11.6 Å². The van der Waals surface area contributed by atoms with E-state index in [4.69, 9.17) is 4.42 Å². The van der Waals surface area contributed by atoms with Gasteiger partial charge in [0.1, 0.15) is 11.3 Å². The molecule has 106 valence electrons. The van der Waals surface area contributed by atoms with Crippen LogP contribution in [0.4, 0.5) is 5.69 Å². The molecule has 1 aromatic carbocycles. The van der Waals surface area contributed by atoms with E-state index in [-0.39, 0.29) is 11.3 Å². The van der Waals surface area contributed by atoms with Crippen molar-refractivity contribution in [2.24, 2.45) is 5.10 Å². The summed E-state index contributed by atoms with van der Waals surface area (Å²) >= 11 is 0. The lowest BCUT2D eigenvalue weighted by Crippen LogP contribution is -2.18. The van der Waals surface area contributed by atoms with Crippen LogP contribution in [-0.2, 0) is 0 Å². The Morgan fingerprint density at radius 1 is 1.29 bits per heavy atom. The number of nitrogens with one attached hydrogen (secondary N) is 1. The molecule has 1 N–H and O–H groups in total. The summed E-state index contributed by atoms with van der Waals surface area (Å²) in [6.07, 6.45) is 6.10. The zero-order chi connectivity index (χ0) is 15.1. The number of hydrazone groups is 1. The third kappa shape index (κ3) is 3.87. The lowest BCUT2D eigenvalue weighted by Gasteiger charge is -2.00. The summed E-state index contributed by atoms with van der Waals surface area (Å²) in [6.45, 7) is 0. The summed E-state index contributed by atoms with van der Waals surface area (Å²) in [7, 11) is 0. The Kier molecular flexibility index (Phi) is 4.60. The highest BCUT2D eigenvalue weighted by molar-refractivity contribution is 5.98. The van der Waals surface area contributed by atoms with E-state index in [9.17, 15) is 14.9 Å². The SMILES string of the molecule is O=C(N/N=C\C=C\c1ccco1)c1ccccc1[N+](=O)[O-]. The molecule has 2 rings (SSSR count). The smallest absolute Gasteiger partial charge is 0.282 e. The first-order valence-electron chi connectivity index (χ1n) is 5.95. The van der Waals surface area contributed by atoms with Crippen molar-refractivity contribution in [1.29, 1.82) is 0 Å². The molecule has 21 heavy (non-hydrogen) atoms. The molecule has 0 bridgehead atoms. The van der Waals surface area contributed by atoms with Gasteiger partial charge < -0.3 is 4.42 Å². The molecule has 1 amide bonds. The van der Waals surface area contributed by atoms with E-state index in [1.807, 2.05) is 0 Å². The molecule has 7 heteroatoms. The molecule has 0 radical (unpaired) electrons. The highest BCUT2D eigenvalue weighted by Gasteiger charge is 2.18. The standard InChI is InChI=1S/C14H11N3O4/c18-14(12-7-1-2-8-13(12)17(19)20)16-15-9-3-5-11-6-4-10-21-11/h1-10H,(H,16,18)/b5-3+,15-9-. The molecule has 0 aliphatic heterocycles. The molecule has 0 saturated carbocycles. The maximum absolute atomic E-state index is 11.8. The van der Waals surface area contributed by atoms with Gasteiger partial charge in [0.15, 0.2) is 0 Å². The molecule has 2 aromatic rings. The average molecular weight is 285 g/mol. The fraction of sp³-hybridized carbons (Fsp3) is 0. The van der Waals surface area contributed by atoms with Crippen molar-refractivity contribution < 1.29 is 14.1 Å². The summed E-state index contributed by atoms with van der Waals surface area (Å²) < 4.78 is 5.06. The van der Waals surface area contributed by atoms with Gasteiger partial charge in [-0.25, -0.2) is 5.43 Å². The van der Waals surface area contributed by atoms with Crippen LogP contribution in [0.1, 0.15) is 16.1 Å². The number of carbonyl (C=O) groups excluding carboxylic acids is 1. The van der Waals surface area contributed by atoms with Crippen LogP contribution in [0.2, 0.25) is 0 Å². The number of nitro benzene ring substituents is 1. The molecule has 0 unspecified atom stereocenters. The maximum atomic E-state index is 11.8. The molecular formula is C14H11N3O4. The van der Waals surface area contributed by atoms with Crippen molar-refractivity contribution in [1.82, 2.24) is 5.43 Å². The number of benzene rings is 1. The van der Waals surface area contributed by atoms with E-state index in [1.165, 1.54) is 30.7 Å². The van der Waals surface area contributed by atoms with Gasteiger partial charge in [-0.15, -0.1) is 0 Å². The van der Waals surface area contributed by atoms with Crippen LogP contribution in [0.3, 0.4) is 0 Å². The van der Waals surface area contributed by atoms with E-state index < -0.39 is 10.8 Å². The van der Waals surface area contributed by atoms with Gasteiger partial charge in [-0.1, -0.05) is 12.1 Å². The number of allylic oxidation sites excluding steroid dienone is 1. The van der Waals surface area contributed by atoms with Crippen LogP contribution in [0, 0.1) is 10.1 Å². The average Bonchev–Trinajstić information content (AvgIpc) is 3.00. The van der Waals surface area contributed by atoms with Crippen LogP contribution < -0.4 is 5.43 Å². The van der Waals surface area contributed by atoms with Crippen molar-refractivity contribution in [3.8, 4) is 0 Å². The highest BCUT2D eigenvalue weighted by atomic mass is 16.6.